The van der Waals surface area contributed by atoms with E-state index in [9.17, 15) is 4.79 Å². The zero-order valence-electron chi connectivity index (χ0n) is 10.4. The number of Topliss-reactive ketones (excluding diaryl/α,β-unsaturated/α-hetero) is 1. The lowest BCUT2D eigenvalue weighted by Crippen LogP contribution is -2.00. The molecule has 0 spiro atoms. The van der Waals surface area contributed by atoms with Crippen molar-refractivity contribution in [2.75, 3.05) is 6.54 Å². The minimum absolute atomic E-state index is 0.123. The van der Waals surface area contributed by atoms with E-state index in [1.807, 2.05) is 54.6 Å². The van der Waals surface area contributed by atoms with Crippen LogP contribution in [0.3, 0.4) is 0 Å². The molecular weight excluding hydrogens is 302 g/mol. The average Bonchev–Trinajstić information content (AvgIpc) is 2.45. The van der Waals surface area contributed by atoms with Gasteiger partial charge in [-0.2, -0.15) is 0 Å². The highest BCUT2D eigenvalue weighted by Gasteiger charge is 2.04. The number of rotatable bonds is 5. The Kier molecular flexibility index (Phi) is 5.04. The molecule has 2 aromatic carbocycles. The van der Waals surface area contributed by atoms with E-state index in [1.54, 1.807) is 6.21 Å². The molecule has 0 unspecified atom stereocenters. The van der Waals surface area contributed by atoms with Gasteiger partial charge in [0.1, 0.15) is 0 Å². The predicted molar refractivity (Wildman–Crippen MR) is 82.0 cm³/mol. The summed E-state index contributed by atoms with van der Waals surface area (Å²) in [7, 11) is 0. The molecule has 0 atom stereocenters. The molecule has 0 aliphatic heterocycles. The Balaban J connectivity index is 1.84. The third-order valence-corrected chi connectivity index (χ3v) is 3.20. The maximum atomic E-state index is 11.9. The molecule has 19 heavy (non-hydrogen) atoms. The number of carbonyl (C=O) groups is 1. The van der Waals surface area contributed by atoms with Crippen LogP contribution in [0.15, 0.2) is 64.1 Å². The van der Waals surface area contributed by atoms with E-state index in [4.69, 9.17) is 0 Å². The van der Waals surface area contributed by atoms with Crippen molar-refractivity contribution < 1.29 is 4.79 Å². The van der Waals surface area contributed by atoms with Crippen molar-refractivity contribution >= 4 is 27.9 Å². The fourth-order valence-electron chi connectivity index (χ4n) is 1.66. The van der Waals surface area contributed by atoms with E-state index in [2.05, 4.69) is 20.9 Å². The summed E-state index contributed by atoms with van der Waals surface area (Å²) in [5, 5.41) is 0. The molecule has 0 aliphatic carbocycles. The first-order valence-electron chi connectivity index (χ1n) is 6.09. The number of nitrogens with zero attached hydrogens (tertiary/aromatic N) is 1. The second-order valence-corrected chi connectivity index (χ2v) is 5.04. The normalized spacial score (nSPS) is 10.8. The lowest BCUT2D eigenvalue weighted by molar-refractivity contribution is 0.0985. The Morgan fingerprint density at radius 1 is 1.05 bits per heavy atom. The largest absolute Gasteiger partial charge is 0.294 e. The second-order valence-electron chi connectivity index (χ2n) is 4.13. The van der Waals surface area contributed by atoms with Crippen LogP contribution in [0.1, 0.15) is 22.3 Å². The van der Waals surface area contributed by atoms with Crippen molar-refractivity contribution in [2.24, 2.45) is 4.99 Å². The third kappa shape index (κ3) is 4.45. The molecule has 2 aromatic rings. The molecule has 0 heterocycles. The Hall–Kier alpha value is -1.74. The minimum atomic E-state index is 0.123. The van der Waals surface area contributed by atoms with Crippen molar-refractivity contribution in [1.29, 1.82) is 0 Å². The Morgan fingerprint density at radius 3 is 2.42 bits per heavy atom. The number of ketones is 1. The van der Waals surface area contributed by atoms with E-state index in [1.165, 1.54) is 0 Å². The van der Waals surface area contributed by atoms with Gasteiger partial charge in [0, 0.05) is 29.2 Å². The van der Waals surface area contributed by atoms with Gasteiger partial charge in [0.05, 0.1) is 0 Å². The summed E-state index contributed by atoms with van der Waals surface area (Å²) in [5.41, 5.74) is 1.79. The SMILES string of the molecule is O=C(CCN=Cc1ccccc1)c1ccc(Br)cc1. The van der Waals surface area contributed by atoms with Gasteiger partial charge in [-0.1, -0.05) is 58.4 Å². The maximum absolute atomic E-state index is 11.9. The van der Waals surface area contributed by atoms with Crippen LogP contribution in [0, 0.1) is 0 Å². The molecule has 0 N–H and O–H groups in total. The van der Waals surface area contributed by atoms with Crippen LogP contribution in [0.2, 0.25) is 0 Å². The number of benzene rings is 2. The summed E-state index contributed by atoms with van der Waals surface area (Å²) in [4.78, 5) is 16.1. The molecule has 0 saturated carbocycles. The molecule has 0 radical (unpaired) electrons. The summed E-state index contributed by atoms with van der Waals surface area (Å²) in [6, 6.07) is 17.3. The molecule has 2 nitrogen and oxygen atoms in total. The molecule has 3 heteroatoms. The van der Waals surface area contributed by atoms with E-state index in [0.29, 0.717) is 13.0 Å². The van der Waals surface area contributed by atoms with Crippen LogP contribution in [0.4, 0.5) is 0 Å². The van der Waals surface area contributed by atoms with Gasteiger partial charge in [0.15, 0.2) is 5.78 Å². The number of hydrogen-bond acceptors (Lipinski definition) is 2. The summed E-state index contributed by atoms with van der Waals surface area (Å²) < 4.78 is 0.978. The number of aliphatic imine (C=N–C) groups is 1. The third-order valence-electron chi connectivity index (χ3n) is 2.67. The smallest absolute Gasteiger partial charge is 0.164 e. The van der Waals surface area contributed by atoms with E-state index >= 15 is 0 Å². The highest BCUT2D eigenvalue weighted by molar-refractivity contribution is 9.10. The van der Waals surface area contributed by atoms with Crippen molar-refractivity contribution in [3.63, 3.8) is 0 Å². The van der Waals surface area contributed by atoms with Gasteiger partial charge >= 0.3 is 0 Å². The fourth-order valence-corrected chi connectivity index (χ4v) is 1.92. The molecule has 2 rings (SSSR count). The van der Waals surface area contributed by atoms with Crippen LogP contribution < -0.4 is 0 Å². The first-order valence-corrected chi connectivity index (χ1v) is 6.88. The summed E-state index contributed by atoms with van der Waals surface area (Å²) in [6.45, 7) is 0.518. The number of carbonyl (C=O) groups excluding carboxylic acids is 1. The highest BCUT2D eigenvalue weighted by Crippen LogP contribution is 2.11. The topological polar surface area (TPSA) is 29.4 Å². The van der Waals surface area contributed by atoms with Crippen LogP contribution >= 0.6 is 15.9 Å². The van der Waals surface area contributed by atoms with Crippen molar-refractivity contribution in [2.45, 2.75) is 6.42 Å². The standard InChI is InChI=1S/C16H14BrNO/c17-15-8-6-14(7-9-15)16(19)10-11-18-12-13-4-2-1-3-5-13/h1-9,12H,10-11H2. The Morgan fingerprint density at radius 2 is 1.74 bits per heavy atom. The average molecular weight is 316 g/mol. The zero-order valence-corrected chi connectivity index (χ0v) is 12.0. The van der Waals surface area contributed by atoms with Crippen LogP contribution in [0.5, 0.6) is 0 Å². The number of hydrogen-bond donors (Lipinski definition) is 0. The van der Waals surface area contributed by atoms with Crippen molar-refractivity contribution in [3.05, 3.63) is 70.2 Å². The summed E-state index contributed by atoms with van der Waals surface area (Å²) in [6.07, 6.45) is 2.24. The van der Waals surface area contributed by atoms with Gasteiger partial charge in [-0.3, -0.25) is 9.79 Å². The minimum Gasteiger partial charge on any atom is -0.294 e. The van der Waals surface area contributed by atoms with Gasteiger partial charge < -0.3 is 0 Å². The van der Waals surface area contributed by atoms with E-state index in [0.717, 1.165) is 15.6 Å². The quantitative estimate of drug-likeness (QED) is 0.602. The summed E-state index contributed by atoms with van der Waals surface area (Å²) in [5.74, 6) is 0.123. The van der Waals surface area contributed by atoms with Gasteiger partial charge in [-0.25, -0.2) is 0 Å². The molecular formula is C16H14BrNO. The van der Waals surface area contributed by atoms with E-state index in [-0.39, 0.29) is 5.78 Å². The first kappa shape index (κ1) is 13.7. The van der Waals surface area contributed by atoms with Crippen LogP contribution in [-0.4, -0.2) is 18.5 Å². The van der Waals surface area contributed by atoms with Gasteiger partial charge in [0.25, 0.3) is 0 Å². The predicted octanol–water partition coefficient (Wildman–Crippen LogP) is 4.14. The molecule has 0 amide bonds. The first-order chi connectivity index (χ1) is 9.25. The molecule has 0 bridgehead atoms. The lowest BCUT2D eigenvalue weighted by Gasteiger charge is -1.99. The van der Waals surface area contributed by atoms with Crippen molar-refractivity contribution in [3.8, 4) is 0 Å². The molecule has 0 fully saturated rings. The van der Waals surface area contributed by atoms with Gasteiger partial charge in [-0.15, -0.1) is 0 Å². The molecule has 0 saturated heterocycles. The van der Waals surface area contributed by atoms with Gasteiger partial charge in [-0.05, 0) is 17.7 Å². The monoisotopic (exact) mass is 315 g/mol. The van der Waals surface area contributed by atoms with Crippen molar-refractivity contribution in [1.82, 2.24) is 0 Å². The highest BCUT2D eigenvalue weighted by atomic mass is 79.9. The summed E-state index contributed by atoms with van der Waals surface area (Å²) >= 11 is 3.35. The molecule has 96 valence electrons. The van der Waals surface area contributed by atoms with Crippen LogP contribution in [-0.2, 0) is 0 Å². The molecule has 0 aliphatic rings. The zero-order chi connectivity index (χ0) is 13.5. The number of halogens is 1. The van der Waals surface area contributed by atoms with E-state index < -0.39 is 0 Å². The Labute approximate surface area is 121 Å². The fraction of sp³-hybridized carbons (Fsp3) is 0.125. The second kappa shape index (κ2) is 7.00. The Bertz CT molecular complexity index is 561. The molecule has 0 aromatic heterocycles. The lowest BCUT2D eigenvalue weighted by atomic mass is 10.1. The van der Waals surface area contributed by atoms with Crippen LogP contribution in [0.25, 0.3) is 0 Å². The maximum Gasteiger partial charge on any atom is 0.164 e. The van der Waals surface area contributed by atoms with Gasteiger partial charge in [0.2, 0.25) is 0 Å².